The van der Waals surface area contributed by atoms with Gasteiger partial charge in [0.15, 0.2) is 0 Å². The Morgan fingerprint density at radius 3 is 1.39 bits per heavy atom. The van der Waals surface area contributed by atoms with E-state index in [0.29, 0.717) is 10.9 Å². The standard InChI is InChI=1S/C22H11N3O3/c26-12-23-22(24-13-27,25-14-28)20-11-5-10-19-17-7-2-1-6-15(17)16-8-3-4-9-18(16)21(19)20/h1-11H. The van der Waals surface area contributed by atoms with Gasteiger partial charge in [-0.1, -0.05) is 66.7 Å². The zero-order chi connectivity index (χ0) is 19.6. The predicted molar refractivity (Wildman–Crippen MR) is 105 cm³/mol. The number of benzene rings is 4. The summed E-state index contributed by atoms with van der Waals surface area (Å²) in [6, 6.07) is 20.8. The van der Waals surface area contributed by atoms with E-state index in [1.165, 1.54) is 18.2 Å². The van der Waals surface area contributed by atoms with Crippen molar-refractivity contribution in [2.24, 2.45) is 15.0 Å². The van der Waals surface area contributed by atoms with Gasteiger partial charge in [0.2, 0.25) is 18.2 Å². The van der Waals surface area contributed by atoms with Crippen molar-refractivity contribution in [2.75, 3.05) is 0 Å². The van der Waals surface area contributed by atoms with Gasteiger partial charge in [0, 0.05) is 5.56 Å². The zero-order valence-corrected chi connectivity index (χ0v) is 14.4. The first-order valence-electron chi connectivity index (χ1n) is 8.35. The van der Waals surface area contributed by atoms with E-state index >= 15 is 0 Å². The van der Waals surface area contributed by atoms with Crippen LogP contribution in [0.25, 0.3) is 32.3 Å². The van der Waals surface area contributed by atoms with Crippen molar-refractivity contribution in [1.82, 2.24) is 0 Å². The monoisotopic (exact) mass is 365 g/mol. The molecule has 0 radical (unpaired) electrons. The van der Waals surface area contributed by atoms with Crippen LogP contribution in [0.2, 0.25) is 0 Å². The minimum Gasteiger partial charge on any atom is -0.211 e. The topological polar surface area (TPSA) is 88.3 Å². The lowest BCUT2D eigenvalue weighted by Crippen LogP contribution is -2.18. The lowest BCUT2D eigenvalue weighted by atomic mass is 9.90. The Morgan fingerprint density at radius 1 is 0.536 bits per heavy atom. The van der Waals surface area contributed by atoms with Gasteiger partial charge >= 0.3 is 5.79 Å². The maximum Gasteiger partial charge on any atom is 0.304 e. The third kappa shape index (κ3) is 2.47. The second kappa shape index (κ2) is 6.84. The summed E-state index contributed by atoms with van der Waals surface area (Å²) in [5.41, 5.74) is 0.294. The third-order valence-corrected chi connectivity index (χ3v) is 4.73. The summed E-state index contributed by atoms with van der Waals surface area (Å²) in [6.45, 7) is 0. The molecule has 28 heavy (non-hydrogen) atoms. The molecule has 0 unspecified atom stereocenters. The Labute approximate surface area is 158 Å². The van der Waals surface area contributed by atoms with Crippen LogP contribution in [-0.4, -0.2) is 18.2 Å². The number of nitrogens with zero attached hydrogens (tertiary/aromatic N) is 3. The molecular weight excluding hydrogens is 354 g/mol. The summed E-state index contributed by atoms with van der Waals surface area (Å²) < 4.78 is 0. The molecule has 0 saturated heterocycles. The third-order valence-electron chi connectivity index (χ3n) is 4.73. The maximum atomic E-state index is 11.1. The van der Waals surface area contributed by atoms with Crippen molar-refractivity contribution < 1.29 is 14.4 Å². The van der Waals surface area contributed by atoms with Crippen molar-refractivity contribution in [3.8, 4) is 0 Å². The molecule has 0 aromatic heterocycles. The Hall–Kier alpha value is -4.20. The van der Waals surface area contributed by atoms with Crippen LogP contribution in [0.1, 0.15) is 5.56 Å². The Bertz CT molecular complexity index is 1300. The van der Waals surface area contributed by atoms with Crippen LogP contribution >= 0.6 is 0 Å². The van der Waals surface area contributed by atoms with Crippen LogP contribution in [0.3, 0.4) is 0 Å². The summed E-state index contributed by atoms with van der Waals surface area (Å²) in [5, 5.41) is 5.34. The number of fused-ring (bicyclic) bond motifs is 6. The molecule has 0 N–H and O–H groups in total. The fraction of sp³-hybridized carbons (Fsp3) is 0.0455. The highest BCUT2D eigenvalue weighted by molar-refractivity contribution is 6.26. The number of rotatable bonds is 4. The van der Waals surface area contributed by atoms with Gasteiger partial charge in [-0.15, -0.1) is 15.0 Å². The molecule has 6 heteroatoms. The van der Waals surface area contributed by atoms with E-state index in [1.54, 1.807) is 12.1 Å². The van der Waals surface area contributed by atoms with Crippen LogP contribution in [0.15, 0.2) is 81.7 Å². The molecule has 0 fully saturated rings. The van der Waals surface area contributed by atoms with Crippen LogP contribution in [0.4, 0.5) is 0 Å². The summed E-state index contributed by atoms with van der Waals surface area (Å²) in [4.78, 5) is 44.0. The van der Waals surface area contributed by atoms with Gasteiger partial charge in [-0.25, -0.2) is 14.4 Å². The fourth-order valence-electron chi connectivity index (χ4n) is 3.68. The van der Waals surface area contributed by atoms with Crippen LogP contribution < -0.4 is 0 Å². The summed E-state index contributed by atoms with van der Waals surface area (Å²) >= 11 is 0. The molecule has 4 aromatic carbocycles. The van der Waals surface area contributed by atoms with E-state index in [0.717, 1.165) is 26.9 Å². The first-order chi connectivity index (χ1) is 13.8. The maximum absolute atomic E-state index is 11.1. The lowest BCUT2D eigenvalue weighted by molar-refractivity contribution is 0.469. The van der Waals surface area contributed by atoms with Gasteiger partial charge in [0.05, 0.1) is 0 Å². The average Bonchev–Trinajstić information content (AvgIpc) is 2.74. The van der Waals surface area contributed by atoms with Gasteiger partial charge < -0.3 is 0 Å². The molecule has 0 amide bonds. The SMILES string of the molecule is O=C=NC(N=C=O)(N=C=O)c1cccc2c3ccccc3c3ccccc3c12. The van der Waals surface area contributed by atoms with Gasteiger partial charge in [0.1, 0.15) is 0 Å². The molecule has 0 spiro atoms. The first-order valence-corrected chi connectivity index (χ1v) is 8.35. The molecule has 0 bridgehead atoms. The first kappa shape index (κ1) is 17.2. The predicted octanol–water partition coefficient (Wildman–Crippen LogP) is 4.26. The van der Waals surface area contributed by atoms with E-state index < -0.39 is 5.79 Å². The average molecular weight is 365 g/mol. The Morgan fingerprint density at radius 2 is 0.929 bits per heavy atom. The normalized spacial score (nSPS) is 12.6. The van der Waals surface area contributed by atoms with Gasteiger partial charge in [-0.2, -0.15) is 0 Å². The number of hydrogen-bond acceptors (Lipinski definition) is 6. The highest BCUT2D eigenvalue weighted by Gasteiger charge is 2.34. The molecule has 0 aliphatic heterocycles. The molecule has 0 aliphatic rings. The second-order valence-electron chi connectivity index (χ2n) is 6.06. The smallest absolute Gasteiger partial charge is 0.211 e. The van der Waals surface area contributed by atoms with E-state index in [4.69, 9.17) is 0 Å². The molecular formula is C22H11N3O3. The number of carbonyl (C=O) groups excluding carboxylic acids is 3. The second-order valence-corrected chi connectivity index (χ2v) is 6.06. The molecule has 0 atom stereocenters. The van der Waals surface area contributed by atoms with Crippen molar-refractivity contribution in [2.45, 2.75) is 5.79 Å². The number of aliphatic imine (C=N–C) groups is 3. The van der Waals surface area contributed by atoms with Crippen molar-refractivity contribution in [3.63, 3.8) is 0 Å². The van der Waals surface area contributed by atoms with Crippen LogP contribution in [0.5, 0.6) is 0 Å². The van der Waals surface area contributed by atoms with Crippen molar-refractivity contribution in [3.05, 3.63) is 72.3 Å². The minimum absolute atomic E-state index is 0.294. The summed E-state index contributed by atoms with van der Waals surface area (Å²) in [6.07, 6.45) is 4.07. The Kier molecular flexibility index (Phi) is 4.21. The number of isocyanates is 3. The molecule has 132 valence electrons. The van der Waals surface area contributed by atoms with Crippen molar-refractivity contribution >= 4 is 50.6 Å². The van der Waals surface area contributed by atoms with E-state index in [-0.39, 0.29) is 0 Å². The van der Waals surface area contributed by atoms with Crippen LogP contribution in [0, 0.1) is 0 Å². The highest BCUT2D eigenvalue weighted by Crippen LogP contribution is 2.41. The molecule has 4 aromatic rings. The molecule has 6 nitrogen and oxygen atoms in total. The highest BCUT2D eigenvalue weighted by atomic mass is 16.1. The molecule has 4 rings (SSSR count). The zero-order valence-electron chi connectivity index (χ0n) is 14.4. The van der Waals surface area contributed by atoms with E-state index in [2.05, 4.69) is 15.0 Å². The molecule has 0 aliphatic carbocycles. The minimum atomic E-state index is -2.12. The van der Waals surface area contributed by atoms with Gasteiger partial charge in [-0.05, 0) is 32.3 Å². The van der Waals surface area contributed by atoms with Gasteiger partial charge in [-0.3, -0.25) is 0 Å². The van der Waals surface area contributed by atoms with E-state index in [1.807, 2.05) is 54.6 Å². The fourth-order valence-corrected chi connectivity index (χ4v) is 3.68. The molecule has 0 saturated carbocycles. The lowest BCUT2D eigenvalue weighted by Gasteiger charge is -2.20. The van der Waals surface area contributed by atoms with E-state index in [9.17, 15) is 14.4 Å². The van der Waals surface area contributed by atoms with Crippen LogP contribution in [-0.2, 0) is 20.2 Å². The van der Waals surface area contributed by atoms with Crippen molar-refractivity contribution in [1.29, 1.82) is 0 Å². The molecule has 0 heterocycles. The number of hydrogen-bond donors (Lipinski definition) is 0. The summed E-state index contributed by atoms with van der Waals surface area (Å²) in [7, 11) is 0. The Balaban J connectivity index is 2.34. The summed E-state index contributed by atoms with van der Waals surface area (Å²) in [5.74, 6) is -2.12. The largest absolute Gasteiger partial charge is 0.304 e. The quantitative estimate of drug-likeness (QED) is 0.307. The van der Waals surface area contributed by atoms with Gasteiger partial charge in [0.25, 0.3) is 0 Å².